The Bertz CT molecular complexity index is 732. The molecule has 25 heavy (non-hydrogen) atoms. The number of fused-ring (bicyclic) bond motifs is 3. The van der Waals surface area contributed by atoms with Gasteiger partial charge < -0.3 is 9.64 Å². The van der Waals surface area contributed by atoms with Crippen molar-refractivity contribution in [1.82, 2.24) is 9.88 Å². The quantitative estimate of drug-likeness (QED) is 0.826. The lowest BCUT2D eigenvalue weighted by Gasteiger charge is -2.39. The number of hydrogen-bond donors (Lipinski definition) is 0. The lowest BCUT2D eigenvalue weighted by molar-refractivity contribution is -0.133. The first kappa shape index (κ1) is 16.4. The van der Waals surface area contributed by atoms with Gasteiger partial charge in [-0.05, 0) is 42.2 Å². The van der Waals surface area contributed by atoms with Crippen LogP contribution in [0.4, 0.5) is 5.82 Å². The fourth-order valence-electron chi connectivity index (χ4n) is 5.17. The summed E-state index contributed by atoms with van der Waals surface area (Å²) in [4.78, 5) is 33.0. The third-order valence-electron chi connectivity index (χ3n) is 5.69. The van der Waals surface area contributed by atoms with Crippen LogP contribution in [0.1, 0.15) is 40.0 Å². The van der Waals surface area contributed by atoms with E-state index in [1.54, 1.807) is 18.3 Å². The van der Waals surface area contributed by atoms with Gasteiger partial charge in [0.15, 0.2) is 18.2 Å². The number of carbonyl (C=O) groups is 2. The van der Waals surface area contributed by atoms with Crippen molar-refractivity contribution in [2.24, 2.45) is 10.8 Å². The zero-order chi connectivity index (χ0) is 17.8. The van der Waals surface area contributed by atoms with Crippen molar-refractivity contribution < 1.29 is 14.3 Å². The largest absolute Gasteiger partial charge is 0.480 e. The minimum atomic E-state index is -0.215. The summed E-state index contributed by atoms with van der Waals surface area (Å²) < 4.78 is 5.41. The molecule has 134 valence electrons. The van der Waals surface area contributed by atoms with E-state index < -0.39 is 0 Å². The second kappa shape index (κ2) is 5.44. The molecule has 0 aromatic carbocycles. The summed E-state index contributed by atoms with van der Waals surface area (Å²) in [5, 5.41) is 0. The molecule has 1 aromatic rings. The Morgan fingerprint density at radius 1 is 1.36 bits per heavy atom. The highest BCUT2D eigenvalue weighted by molar-refractivity contribution is 6.01. The summed E-state index contributed by atoms with van der Waals surface area (Å²) in [6, 6.07) is 3.82. The number of likely N-dealkylation sites (tertiary alicyclic amines) is 1. The van der Waals surface area contributed by atoms with E-state index in [-0.39, 0.29) is 41.8 Å². The first-order valence-corrected chi connectivity index (χ1v) is 8.94. The predicted octanol–water partition coefficient (Wildman–Crippen LogP) is 2.23. The summed E-state index contributed by atoms with van der Waals surface area (Å²) >= 11 is 0. The van der Waals surface area contributed by atoms with Gasteiger partial charge in [-0.2, -0.15) is 0 Å². The number of anilines is 1. The number of hydrogen-bond acceptors (Lipinski definition) is 4. The van der Waals surface area contributed by atoms with Crippen LogP contribution in [0.3, 0.4) is 0 Å². The second-order valence-electron chi connectivity index (χ2n) is 8.83. The summed E-state index contributed by atoms with van der Waals surface area (Å²) in [5.74, 6) is 0.801. The summed E-state index contributed by atoms with van der Waals surface area (Å²) in [7, 11) is 0. The highest BCUT2D eigenvalue weighted by atomic mass is 16.5. The van der Waals surface area contributed by atoms with Crippen molar-refractivity contribution in [2.45, 2.75) is 46.1 Å². The molecule has 3 aliphatic rings. The third-order valence-corrected chi connectivity index (χ3v) is 5.69. The molecule has 0 N–H and O–H groups in total. The molecule has 2 amide bonds. The minimum absolute atomic E-state index is 0.0123. The fourth-order valence-corrected chi connectivity index (χ4v) is 5.17. The molecule has 1 saturated carbocycles. The van der Waals surface area contributed by atoms with Crippen LogP contribution >= 0.6 is 0 Å². The summed E-state index contributed by atoms with van der Waals surface area (Å²) in [6.45, 7) is 7.64. The van der Waals surface area contributed by atoms with Gasteiger partial charge in [-0.15, -0.1) is 0 Å². The normalized spacial score (nSPS) is 30.0. The van der Waals surface area contributed by atoms with Crippen molar-refractivity contribution >= 4 is 17.6 Å². The molecule has 0 radical (unpaired) electrons. The van der Waals surface area contributed by atoms with Crippen LogP contribution in [0.2, 0.25) is 0 Å². The molecule has 2 bridgehead atoms. The zero-order valence-corrected chi connectivity index (χ0v) is 15.1. The molecule has 0 unspecified atom stereocenters. The van der Waals surface area contributed by atoms with Crippen LogP contribution in [-0.2, 0) is 9.59 Å². The number of nitrogens with zero attached hydrogens (tertiary/aromatic N) is 3. The van der Waals surface area contributed by atoms with Crippen molar-refractivity contribution in [3.8, 4) is 5.75 Å². The highest BCUT2D eigenvalue weighted by Crippen LogP contribution is 2.52. The van der Waals surface area contributed by atoms with Gasteiger partial charge in [-0.25, -0.2) is 4.98 Å². The zero-order valence-electron chi connectivity index (χ0n) is 15.1. The monoisotopic (exact) mass is 343 g/mol. The van der Waals surface area contributed by atoms with E-state index in [4.69, 9.17) is 4.74 Å². The maximum atomic E-state index is 13.0. The van der Waals surface area contributed by atoms with Gasteiger partial charge in [0.25, 0.3) is 5.91 Å². The van der Waals surface area contributed by atoms with E-state index in [2.05, 4.69) is 25.8 Å². The maximum Gasteiger partial charge on any atom is 0.266 e. The molecule has 2 fully saturated rings. The van der Waals surface area contributed by atoms with E-state index in [0.29, 0.717) is 11.6 Å². The Labute approximate surface area is 148 Å². The average molecular weight is 343 g/mol. The Hall–Kier alpha value is -2.11. The van der Waals surface area contributed by atoms with E-state index in [1.165, 1.54) is 4.90 Å². The van der Waals surface area contributed by atoms with Crippen LogP contribution < -0.4 is 9.64 Å². The lowest BCUT2D eigenvalue weighted by atomic mass is 9.65. The SMILES string of the molecule is CC1(C)C[C@@H]2C[C@@](C)(CN2C(=O)CN2C(=O)COc3cccnc32)C1. The van der Waals surface area contributed by atoms with Gasteiger partial charge in [-0.1, -0.05) is 20.8 Å². The number of rotatable bonds is 2. The molecule has 4 rings (SSSR count). The third kappa shape index (κ3) is 2.87. The van der Waals surface area contributed by atoms with Crippen LogP contribution in [0, 0.1) is 10.8 Å². The smallest absolute Gasteiger partial charge is 0.266 e. The van der Waals surface area contributed by atoms with Gasteiger partial charge in [0.05, 0.1) is 0 Å². The number of carbonyl (C=O) groups excluding carboxylic acids is 2. The Morgan fingerprint density at radius 3 is 2.96 bits per heavy atom. The Kier molecular flexibility index (Phi) is 3.56. The number of pyridine rings is 1. The number of aromatic nitrogens is 1. The molecular formula is C19H25N3O3. The van der Waals surface area contributed by atoms with Crippen LogP contribution in [0.15, 0.2) is 18.3 Å². The van der Waals surface area contributed by atoms with Gasteiger partial charge in [0, 0.05) is 18.8 Å². The van der Waals surface area contributed by atoms with E-state index in [1.807, 2.05) is 4.90 Å². The second-order valence-corrected chi connectivity index (χ2v) is 8.83. The minimum Gasteiger partial charge on any atom is -0.480 e. The van der Waals surface area contributed by atoms with E-state index >= 15 is 0 Å². The first-order chi connectivity index (χ1) is 11.8. The lowest BCUT2D eigenvalue weighted by Crippen LogP contribution is -2.48. The van der Waals surface area contributed by atoms with Crippen molar-refractivity contribution in [2.75, 3.05) is 24.6 Å². The molecule has 6 heteroatoms. The maximum absolute atomic E-state index is 13.0. The van der Waals surface area contributed by atoms with E-state index in [9.17, 15) is 9.59 Å². The highest BCUT2D eigenvalue weighted by Gasteiger charge is 2.51. The molecule has 2 atom stereocenters. The number of ether oxygens (including phenoxy) is 1. The molecule has 1 saturated heterocycles. The van der Waals surface area contributed by atoms with Gasteiger partial charge in [-0.3, -0.25) is 14.5 Å². The van der Waals surface area contributed by atoms with Gasteiger partial charge in [0.2, 0.25) is 5.91 Å². The molecule has 1 aliphatic carbocycles. The predicted molar refractivity (Wildman–Crippen MR) is 93.3 cm³/mol. The number of amides is 2. The standard InChI is InChI=1S/C19H25N3O3/c1-18(2)7-13-8-19(3,11-18)12-22(13)15(23)9-21-16(24)10-25-14-5-4-6-20-17(14)21/h4-6,13H,7-12H2,1-3H3/t13-,19-/m1/s1. The molecule has 6 nitrogen and oxygen atoms in total. The molecule has 0 spiro atoms. The van der Waals surface area contributed by atoms with Crippen LogP contribution in [0.25, 0.3) is 0 Å². The topological polar surface area (TPSA) is 62.7 Å². The Balaban J connectivity index is 1.54. The average Bonchev–Trinajstić information content (AvgIpc) is 2.79. The fraction of sp³-hybridized carbons (Fsp3) is 0.632. The van der Waals surface area contributed by atoms with Crippen molar-refractivity contribution in [1.29, 1.82) is 0 Å². The molecule has 3 heterocycles. The van der Waals surface area contributed by atoms with Crippen LogP contribution in [-0.4, -0.2) is 47.4 Å². The molecular weight excluding hydrogens is 318 g/mol. The van der Waals surface area contributed by atoms with Crippen molar-refractivity contribution in [3.63, 3.8) is 0 Å². The van der Waals surface area contributed by atoms with Gasteiger partial charge >= 0.3 is 0 Å². The Morgan fingerprint density at radius 2 is 2.16 bits per heavy atom. The molecule has 1 aromatic heterocycles. The first-order valence-electron chi connectivity index (χ1n) is 8.94. The summed E-state index contributed by atoms with van der Waals surface area (Å²) in [6.07, 6.45) is 4.85. The van der Waals surface area contributed by atoms with Crippen molar-refractivity contribution in [3.05, 3.63) is 18.3 Å². The van der Waals surface area contributed by atoms with Crippen LogP contribution in [0.5, 0.6) is 5.75 Å². The summed E-state index contributed by atoms with van der Waals surface area (Å²) in [5.41, 5.74) is 0.447. The van der Waals surface area contributed by atoms with E-state index in [0.717, 1.165) is 25.8 Å². The van der Waals surface area contributed by atoms with Gasteiger partial charge in [0.1, 0.15) is 6.54 Å². The molecule has 2 aliphatic heterocycles.